The van der Waals surface area contributed by atoms with Gasteiger partial charge in [-0.25, -0.2) is 9.37 Å². The van der Waals surface area contributed by atoms with E-state index in [4.69, 9.17) is 15.1 Å². The molecule has 3 aromatic heterocycles. The number of hydrogen-bond donors (Lipinski definition) is 2. The normalized spacial score (nSPS) is 11.1. The first-order chi connectivity index (χ1) is 15.9. The first kappa shape index (κ1) is 20.5. The molecule has 0 aliphatic rings. The summed E-state index contributed by atoms with van der Waals surface area (Å²) in [7, 11) is 0. The number of carbonyl (C=O) groups is 1. The zero-order valence-corrected chi connectivity index (χ0v) is 18.1. The summed E-state index contributed by atoms with van der Waals surface area (Å²) in [5.41, 5.74) is 11.1. The second-order valence-electron chi connectivity index (χ2n) is 7.85. The van der Waals surface area contributed by atoms with E-state index in [1.54, 1.807) is 22.6 Å². The molecule has 0 saturated carbocycles. The fourth-order valence-corrected chi connectivity index (χ4v) is 3.98. The van der Waals surface area contributed by atoms with Crippen LogP contribution in [0.5, 0.6) is 0 Å². The third-order valence-electron chi connectivity index (χ3n) is 5.60. The van der Waals surface area contributed by atoms with Crippen molar-refractivity contribution < 1.29 is 13.6 Å². The summed E-state index contributed by atoms with van der Waals surface area (Å²) in [6, 6.07) is 19.8. The minimum absolute atomic E-state index is 0.0748. The Kier molecular flexibility index (Phi) is 4.94. The van der Waals surface area contributed by atoms with Gasteiger partial charge in [-0.05, 0) is 49.2 Å². The Bertz CT molecular complexity index is 1500. The standard InChI is InChI=1S/C26H21FN4O2/c1-15-6-5-7-16(2)23(15)30-26-24(29-22-13-10-17(27)14-31(22)26)19-9-4-3-8-18(19)20-11-12-21(33-20)25(28)32/h3-14,30H,1-2H3,(H2,28,32). The number of nitrogens with two attached hydrogens (primary N) is 1. The van der Waals surface area contributed by atoms with Crippen molar-refractivity contribution in [2.24, 2.45) is 5.73 Å². The number of amides is 1. The fraction of sp³-hybridized carbons (Fsp3) is 0.0769. The number of primary amides is 1. The average molecular weight is 440 g/mol. The number of pyridine rings is 1. The molecule has 5 aromatic rings. The van der Waals surface area contributed by atoms with Crippen molar-refractivity contribution in [3.63, 3.8) is 0 Å². The van der Waals surface area contributed by atoms with Gasteiger partial charge in [0.1, 0.15) is 28.7 Å². The molecule has 1 amide bonds. The predicted octanol–water partition coefficient (Wildman–Crippen LogP) is 5.86. The molecule has 3 N–H and O–H groups in total. The van der Waals surface area contributed by atoms with Gasteiger partial charge in [-0.2, -0.15) is 0 Å². The SMILES string of the molecule is Cc1cccc(C)c1Nc1c(-c2ccccc2-c2ccc(C(N)=O)o2)nc2ccc(F)cn12. The number of aromatic nitrogens is 2. The number of anilines is 2. The van der Waals surface area contributed by atoms with Crippen molar-refractivity contribution in [2.45, 2.75) is 13.8 Å². The Balaban J connectivity index is 1.74. The molecule has 0 atom stereocenters. The Hall–Kier alpha value is -4.39. The number of hydrogen-bond acceptors (Lipinski definition) is 4. The van der Waals surface area contributed by atoms with E-state index in [9.17, 15) is 9.18 Å². The number of rotatable bonds is 5. The van der Waals surface area contributed by atoms with E-state index in [-0.39, 0.29) is 11.6 Å². The minimum Gasteiger partial charge on any atom is -0.451 e. The van der Waals surface area contributed by atoms with Crippen molar-refractivity contribution in [1.29, 1.82) is 0 Å². The number of fused-ring (bicyclic) bond motifs is 1. The highest BCUT2D eigenvalue weighted by molar-refractivity contribution is 5.92. The molecule has 0 unspecified atom stereocenters. The van der Waals surface area contributed by atoms with Gasteiger partial charge >= 0.3 is 0 Å². The number of nitrogens with one attached hydrogen (secondary N) is 1. The zero-order chi connectivity index (χ0) is 23.1. The summed E-state index contributed by atoms with van der Waals surface area (Å²) >= 11 is 0. The third-order valence-corrected chi connectivity index (χ3v) is 5.60. The molecule has 0 radical (unpaired) electrons. The molecule has 6 nitrogen and oxygen atoms in total. The number of furan rings is 1. The molecule has 0 aliphatic carbocycles. The maximum atomic E-state index is 14.2. The molecule has 164 valence electrons. The average Bonchev–Trinajstić information content (AvgIpc) is 3.42. The maximum absolute atomic E-state index is 14.2. The highest BCUT2D eigenvalue weighted by atomic mass is 19.1. The van der Waals surface area contributed by atoms with Crippen LogP contribution >= 0.6 is 0 Å². The monoisotopic (exact) mass is 440 g/mol. The maximum Gasteiger partial charge on any atom is 0.284 e. The van der Waals surface area contributed by atoms with Crippen molar-refractivity contribution in [1.82, 2.24) is 9.38 Å². The van der Waals surface area contributed by atoms with E-state index < -0.39 is 5.91 Å². The number of aryl methyl sites for hydroxylation is 2. The summed E-state index contributed by atoms with van der Waals surface area (Å²) in [4.78, 5) is 16.3. The van der Waals surface area contributed by atoms with Crippen LogP contribution < -0.4 is 11.1 Å². The Labute approximate surface area is 189 Å². The molecule has 0 saturated heterocycles. The van der Waals surface area contributed by atoms with Gasteiger partial charge in [0.25, 0.3) is 5.91 Å². The zero-order valence-electron chi connectivity index (χ0n) is 18.1. The molecule has 5 rings (SSSR count). The quantitative estimate of drug-likeness (QED) is 0.358. The summed E-state index contributed by atoms with van der Waals surface area (Å²) < 4.78 is 21.6. The summed E-state index contributed by atoms with van der Waals surface area (Å²) in [5, 5.41) is 3.49. The van der Waals surface area contributed by atoms with E-state index in [0.717, 1.165) is 27.9 Å². The predicted molar refractivity (Wildman–Crippen MR) is 126 cm³/mol. The number of nitrogens with zero attached hydrogens (tertiary/aromatic N) is 2. The van der Waals surface area contributed by atoms with Gasteiger partial charge in [-0.3, -0.25) is 9.20 Å². The van der Waals surface area contributed by atoms with Crippen LogP contribution in [-0.2, 0) is 0 Å². The van der Waals surface area contributed by atoms with Crippen molar-refractivity contribution in [3.05, 3.63) is 95.6 Å². The van der Waals surface area contributed by atoms with Crippen LogP contribution in [0.2, 0.25) is 0 Å². The molecule has 0 bridgehead atoms. The number of imidazole rings is 1. The van der Waals surface area contributed by atoms with E-state index >= 15 is 0 Å². The van der Waals surface area contributed by atoms with Crippen LogP contribution in [0.1, 0.15) is 21.7 Å². The summed E-state index contributed by atoms with van der Waals surface area (Å²) in [6.07, 6.45) is 1.41. The third kappa shape index (κ3) is 3.63. The van der Waals surface area contributed by atoms with E-state index in [2.05, 4.69) is 5.32 Å². The van der Waals surface area contributed by atoms with E-state index in [1.165, 1.54) is 12.3 Å². The first-order valence-electron chi connectivity index (χ1n) is 10.4. The van der Waals surface area contributed by atoms with Gasteiger partial charge in [0.2, 0.25) is 0 Å². The van der Waals surface area contributed by atoms with Gasteiger partial charge in [0.15, 0.2) is 5.76 Å². The van der Waals surface area contributed by atoms with Crippen LogP contribution in [0.15, 0.2) is 77.3 Å². The molecule has 0 spiro atoms. The molecule has 0 aliphatic heterocycles. The second-order valence-corrected chi connectivity index (χ2v) is 7.85. The van der Waals surface area contributed by atoms with Crippen LogP contribution in [0, 0.1) is 19.7 Å². The second kappa shape index (κ2) is 7.94. The smallest absolute Gasteiger partial charge is 0.284 e. The first-order valence-corrected chi connectivity index (χ1v) is 10.4. The molecule has 3 heterocycles. The molecule has 2 aromatic carbocycles. The van der Waals surface area contributed by atoms with Gasteiger partial charge in [0, 0.05) is 23.0 Å². The summed E-state index contributed by atoms with van der Waals surface area (Å²) in [6.45, 7) is 4.03. The number of para-hydroxylation sites is 1. The lowest BCUT2D eigenvalue weighted by molar-refractivity contribution is 0.0974. The van der Waals surface area contributed by atoms with Crippen molar-refractivity contribution in [3.8, 4) is 22.6 Å². The lowest BCUT2D eigenvalue weighted by Gasteiger charge is -2.15. The van der Waals surface area contributed by atoms with Crippen LogP contribution in [-0.4, -0.2) is 15.3 Å². The molecular weight excluding hydrogens is 419 g/mol. The van der Waals surface area contributed by atoms with Crippen molar-refractivity contribution in [2.75, 3.05) is 5.32 Å². The number of carbonyl (C=O) groups excluding carboxylic acids is 1. The van der Waals surface area contributed by atoms with Gasteiger partial charge in [-0.15, -0.1) is 0 Å². The minimum atomic E-state index is -0.640. The van der Waals surface area contributed by atoms with Gasteiger partial charge in [0.05, 0.1) is 0 Å². The van der Waals surface area contributed by atoms with Crippen molar-refractivity contribution >= 4 is 23.1 Å². The Morgan fingerprint density at radius 1 is 0.970 bits per heavy atom. The molecule has 33 heavy (non-hydrogen) atoms. The molecule has 7 heteroatoms. The lowest BCUT2D eigenvalue weighted by Crippen LogP contribution is -2.09. The number of halogens is 1. The van der Waals surface area contributed by atoms with Gasteiger partial charge < -0.3 is 15.5 Å². The van der Waals surface area contributed by atoms with Crippen LogP contribution in [0.25, 0.3) is 28.2 Å². The van der Waals surface area contributed by atoms with Gasteiger partial charge in [-0.1, -0.05) is 42.5 Å². The number of benzene rings is 2. The van der Waals surface area contributed by atoms with E-state index in [0.29, 0.717) is 22.9 Å². The molecular formula is C26H21FN4O2. The Morgan fingerprint density at radius 3 is 2.39 bits per heavy atom. The van der Waals surface area contributed by atoms with Crippen LogP contribution in [0.3, 0.4) is 0 Å². The highest BCUT2D eigenvalue weighted by Gasteiger charge is 2.21. The Morgan fingerprint density at radius 2 is 1.70 bits per heavy atom. The van der Waals surface area contributed by atoms with E-state index in [1.807, 2.05) is 56.3 Å². The molecule has 0 fully saturated rings. The highest BCUT2D eigenvalue weighted by Crippen LogP contribution is 2.39. The van der Waals surface area contributed by atoms with Crippen LogP contribution in [0.4, 0.5) is 15.9 Å². The topological polar surface area (TPSA) is 85.6 Å². The fourth-order valence-electron chi connectivity index (χ4n) is 3.98. The largest absolute Gasteiger partial charge is 0.451 e. The lowest BCUT2D eigenvalue weighted by atomic mass is 10.0. The summed E-state index contributed by atoms with van der Waals surface area (Å²) in [5.74, 6) is 0.170.